The van der Waals surface area contributed by atoms with Crippen LogP contribution in [-0.2, 0) is 17.6 Å². The van der Waals surface area contributed by atoms with Crippen LogP contribution < -0.4 is 10.5 Å². The molecule has 1 aliphatic rings. The van der Waals surface area contributed by atoms with E-state index in [1.807, 2.05) is 24.3 Å². The summed E-state index contributed by atoms with van der Waals surface area (Å²) in [7, 11) is 1.69. The predicted octanol–water partition coefficient (Wildman–Crippen LogP) is 4.32. The van der Waals surface area contributed by atoms with Crippen molar-refractivity contribution < 1.29 is 9.53 Å². The van der Waals surface area contributed by atoms with Gasteiger partial charge in [0.25, 0.3) is 0 Å². The van der Waals surface area contributed by atoms with Gasteiger partial charge in [-0.3, -0.25) is 4.79 Å². The third-order valence-electron chi connectivity index (χ3n) is 6.43. The fourth-order valence-electron chi connectivity index (χ4n) is 4.59. The molecule has 3 aromatic rings. The maximum Gasteiger partial charge on any atom is 0.225 e. The Labute approximate surface area is 184 Å². The molecule has 4 rings (SSSR count). The zero-order valence-corrected chi connectivity index (χ0v) is 18.1. The second-order valence-corrected chi connectivity index (χ2v) is 8.48. The van der Waals surface area contributed by atoms with E-state index in [0.29, 0.717) is 6.42 Å². The van der Waals surface area contributed by atoms with Gasteiger partial charge < -0.3 is 15.4 Å². The third kappa shape index (κ3) is 4.80. The average Bonchev–Trinajstić information content (AvgIpc) is 3.23. The number of rotatable bonds is 8. The normalized spacial score (nSPS) is 18.7. The van der Waals surface area contributed by atoms with Gasteiger partial charge in [-0.15, -0.1) is 0 Å². The number of nitrogens with zero attached hydrogens (tertiary/aromatic N) is 1. The predicted molar refractivity (Wildman–Crippen MR) is 125 cm³/mol. The zero-order chi connectivity index (χ0) is 21.7. The van der Waals surface area contributed by atoms with Gasteiger partial charge in [-0.1, -0.05) is 72.8 Å². The molecule has 0 saturated carbocycles. The molecule has 4 nitrogen and oxygen atoms in total. The lowest BCUT2D eigenvalue weighted by Crippen LogP contribution is -2.41. The van der Waals surface area contributed by atoms with Crippen LogP contribution in [0.5, 0.6) is 5.75 Å². The van der Waals surface area contributed by atoms with E-state index in [4.69, 9.17) is 10.5 Å². The number of methoxy groups -OCH3 is 1. The number of nitrogens with two attached hydrogens (primary N) is 1. The standard InChI is InChI=1S/C27H30N2O2/c1-31-25-10-6-5-9-24(25)23-13-11-22(12-14-23)19-27(26(28)30)16-18-29(20-27)17-15-21-7-3-2-4-8-21/h2-14H,15-20H2,1H3,(H2,28,30)/t27-/m0/s1. The molecule has 1 amide bonds. The van der Waals surface area contributed by atoms with Crippen molar-refractivity contribution in [2.45, 2.75) is 19.3 Å². The first-order valence-corrected chi connectivity index (χ1v) is 10.9. The summed E-state index contributed by atoms with van der Waals surface area (Å²) >= 11 is 0. The van der Waals surface area contributed by atoms with Crippen molar-refractivity contribution in [1.82, 2.24) is 4.90 Å². The molecular formula is C27H30N2O2. The Kier molecular flexibility index (Phi) is 6.38. The summed E-state index contributed by atoms with van der Waals surface area (Å²) in [6.07, 6.45) is 2.48. The second-order valence-electron chi connectivity index (χ2n) is 8.48. The number of primary amides is 1. The van der Waals surface area contributed by atoms with Gasteiger partial charge >= 0.3 is 0 Å². The van der Waals surface area contributed by atoms with Crippen LogP contribution in [-0.4, -0.2) is 37.6 Å². The minimum absolute atomic E-state index is 0.191. The van der Waals surface area contributed by atoms with Gasteiger partial charge in [-0.2, -0.15) is 0 Å². The number of hydrogen-bond donors (Lipinski definition) is 1. The lowest BCUT2D eigenvalue weighted by molar-refractivity contribution is -0.127. The van der Waals surface area contributed by atoms with Crippen molar-refractivity contribution in [3.63, 3.8) is 0 Å². The summed E-state index contributed by atoms with van der Waals surface area (Å²) in [4.78, 5) is 14.9. The molecule has 1 saturated heterocycles. The van der Waals surface area contributed by atoms with E-state index in [1.165, 1.54) is 5.56 Å². The number of para-hydroxylation sites is 1. The quantitative estimate of drug-likeness (QED) is 0.597. The number of amides is 1. The first-order chi connectivity index (χ1) is 15.1. The molecule has 1 heterocycles. The number of carbonyl (C=O) groups excluding carboxylic acids is 1. The summed E-state index contributed by atoms with van der Waals surface area (Å²) in [5.74, 6) is 0.664. The molecule has 0 aromatic heterocycles. The SMILES string of the molecule is COc1ccccc1-c1ccc(C[C@@]2(C(N)=O)CCN(CCc3ccccc3)C2)cc1. The van der Waals surface area contributed by atoms with Crippen molar-refractivity contribution in [1.29, 1.82) is 0 Å². The minimum Gasteiger partial charge on any atom is -0.496 e. The van der Waals surface area contributed by atoms with Crippen molar-refractivity contribution in [2.24, 2.45) is 11.1 Å². The molecule has 0 bridgehead atoms. The molecule has 4 heteroatoms. The molecule has 160 valence electrons. The monoisotopic (exact) mass is 414 g/mol. The maximum atomic E-state index is 12.5. The number of carbonyl (C=O) groups is 1. The minimum atomic E-state index is -0.497. The van der Waals surface area contributed by atoms with Crippen LogP contribution in [0.3, 0.4) is 0 Å². The highest BCUT2D eigenvalue weighted by atomic mass is 16.5. The van der Waals surface area contributed by atoms with Gasteiger partial charge in [0.2, 0.25) is 5.91 Å². The molecule has 1 atom stereocenters. The van der Waals surface area contributed by atoms with Gasteiger partial charge in [-0.25, -0.2) is 0 Å². The van der Waals surface area contributed by atoms with E-state index in [9.17, 15) is 4.79 Å². The number of ether oxygens (including phenoxy) is 1. The maximum absolute atomic E-state index is 12.5. The first kappa shape index (κ1) is 21.1. The molecule has 31 heavy (non-hydrogen) atoms. The molecule has 0 spiro atoms. The van der Waals surface area contributed by atoms with Crippen LogP contribution in [0.2, 0.25) is 0 Å². The molecular weight excluding hydrogens is 384 g/mol. The summed E-state index contributed by atoms with van der Waals surface area (Å²) in [5, 5.41) is 0. The highest BCUT2D eigenvalue weighted by Gasteiger charge is 2.43. The Morgan fingerprint density at radius 3 is 2.39 bits per heavy atom. The molecule has 3 aromatic carbocycles. The van der Waals surface area contributed by atoms with Crippen molar-refractivity contribution in [2.75, 3.05) is 26.7 Å². The number of likely N-dealkylation sites (tertiary alicyclic amines) is 1. The summed E-state index contributed by atoms with van der Waals surface area (Å²) in [5.41, 5.74) is 10.1. The van der Waals surface area contributed by atoms with Crippen LogP contribution in [0.15, 0.2) is 78.9 Å². The van der Waals surface area contributed by atoms with Crippen LogP contribution in [0.1, 0.15) is 17.5 Å². The Hall–Kier alpha value is -3.11. The fourth-order valence-corrected chi connectivity index (χ4v) is 4.59. The topological polar surface area (TPSA) is 55.6 Å². The lowest BCUT2D eigenvalue weighted by Gasteiger charge is -2.26. The van der Waals surface area contributed by atoms with E-state index in [2.05, 4.69) is 59.5 Å². The largest absolute Gasteiger partial charge is 0.496 e. The smallest absolute Gasteiger partial charge is 0.225 e. The van der Waals surface area contributed by atoms with Gasteiger partial charge in [0.1, 0.15) is 5.75 Å². The highest BCUT2D eigenvalue weighted by Crippen LogP contribution is 2.35. The number of benzene rings is 3. The van der Waals surface area contributed by atoms with Crippen molar-refractivity contribution in [3.8, 4) is 16.9 Å². The second kappa shape index (κ2) is 9.36. The fraction of sp³-hybridized carbons (Fsp3) is 0.296. The van der Waals surface area contributed by atoms with E-state index < -0.39 is 5.41 Å². The van der Waals surface area contributed by atoms with Crippen molar-refractivity contribution in [3.05, 3.63) is 90.0 Å². The molecule has 0 unspecified atom stereocenters. The molecule has 0 radical (unpaired) electrons. The van der Waals surface area contributed by atoms with E-state index in [1.54, 1.807) is 7.11 Å². The Bertz CT molecular complexity index is 1020. The molecule has 0 aliphatic carbocycles. The van der Waals surface area contributed by atoms with E-state index >= 15 is 0 Å². The van der Waals surface area contributed by atoms with Crippen LogP contribution in [0, 0.1) is 5.41 Å². The highest BCUT2D eigenvalue weighted by molar-refractivity contribution is 5.82. The zero-order valence-electron chi connectivity index (χ0n) is 18.1. The van der Waals surface area contributed by atoms with Gasteiger partial charge in [0, 0.05) is 18.7 Å². The average molecular weight is 415 g/mol. The van der Waals surface area contributed by atoms with Crippen molar-refractivity contribution >= 4 is 5.91 Å². The van der Waals surface area contributed by atoms with E-state index in [0.717, 1.165) is 54.9 Å². The lowest BCUT2D eigenvalue weighted by atomic mass is 9.80. The summed E-state index contributed by atoms with van der Waals surface area (Å²) < 4.78 is 5.49. The molecule has 1 aliphatic heterocycles. The third-order valence-corrected chi connectivity index (χ3v) is 6.43. The van der Waals surface area contributed by atoms with E-state index in [-0.39, 0.29) is 5.91 Å². The van der Waals surface area contributed by atoms with Crippen LogP contribution >= 0.6 is 0 Å². The number of hydrogen-bond acceptors (Lipinski definition) is 3. The van der Waals surface area contributed by atoms with Gasteiger partial charge in [0.15, 0.2) is 0 Å². The molecule has 1 fully saturated rings. The first-order valence-electron chi connectivity index (χ1n) is 10.9. The van der Waals surface area contributed by atoms with Gasteiger partial charge in [-0.05, 0) is 48.6 Å². The van der Waals surface area contributed by atoms with Crippen LogP contribution in [0.25, 0.3) is 11.1 Å². The summed E-state index contributed by atoms with van der Waals surface area (Å²) in [6, 6.07) is 26.9. The summed E-state index contributed by atoms with van der Waals surface area (Å²) in [6.45, 7) is 2.59. The Morgan fingerprint density at radius 2 is 1.68 bits per heavy atom. The molecule has 2 N–H and O–H groups in total. The Balaban J connectivity index is 1.44. The van der Waals surface area contributed by atoms with Gasteiger partial charge in [0.05, 0.1) is 12.5 Å². The Morgan fingerprint density at radius 1 is 0.968 bits per heavy atom. The van der Waals surface area contributed by atoms with Crippen LogP contribution in [0.4, 0.5) is 0 Å².